The minimum Gasteiger partial charge on any atom is -0.268 e. The average molecular weight is 263 g/mol. The zero-order valence-electron chi connectivity index (χ0n) is 10.4. The number of hydrogen-bond donors (Lipinski definition) is 0. The van der Waals surface area contributed by atoms with Crippen LogP contribution < -0.4 is 0 Å². The van der Waals surface area contributed by atoms with E-state index in [0.29, 0.717) is 0 Å². The smallest absolute Gasteiger partial charge is 0.0823 e. The molecule has 0 aliphatic rings. The van der Waals surface area contributed by atoms with Crippen LogP contribution >= 0.6 is 23.2 Å². The van der Waals surface area contributed by atoms with Crippen LogP contribution in [0.5, 0.6) is 0 Å². The van der Waals surface area contributed by atoms with Gasteiger partial charge in [0.05, 0.1) is 16.9 Å². The molecule has 92 valence electrons. The highest BCUT2D eigenvalue weighted by Gasteiger charge is 2.29. The summed E-state index contributed by atoms with van der Waals surface area (Å²) in [5.41, 5.74) is 1.06. The van der Waals surface area contributed by atoms with Crippen LogP contribution in [-0.4, -0.2) is 15.2 Å². The first-order chi connectivity index (χ1) is 7.38. The summed E-state index contributed by atoms with van der Waals surface area (Å²) < 4.78 is 2.00. The first-order valence-electron chi connectivity index (χ1n) is 5.74. The molecule has 0 saturated carbocycles. The second-order valence-electron chi connectivity index (χ2n) is 4.93. The molecule has 0 bridgehead atoms. The van der Waals surface area contributed by atoms with E-state index in [1.807, 2.05) is 11.6 Å². The molecule has 0 spiro atoms. The van der Waals surface area contributed by atoms with Crippen LogP contribution in [0.15, 0.2) is 6.20 Å². The molecule has 4 heteroatoms. The molecule has 0 aliphatic carbocycles. The van der Waals surface area contributed by atoms with E-state index in [1.165, 1.54) is 0 Å². The van der Waals surface area contributed by atoms with Crippen molar-refractivity contribution in [2.45, 2.75) is 57.9 Å². The molecule has 0 N–H and O–H groups in total. The average Bonchev–Trinajstić information content (AvgIpc) is 2.46. The van der Waals surface area contributed by atoms with E-state index < -0.39 is 0 Å². The Hall–Kier alpha value is -0.210. The number of hydrogen-bond acceptors (Lipinski definition) is 1. The monoisotopic (exact) mass is 262 g/mol. The lowest BCUT2D eigenvalue weighted by Crippen LogP contribution is -2.25. The van der Waals surface area contributed by atoms with Crippen molar-refractivity contribution in [1.82, 2.24) is 9.78 Å². The van der Waals surface area contributed by atoms with Crippen molar-refractivity contribution in [3.63, 3.8) is 0 Å². The van der Waals surface area contributed by atoms with Crippen LogP contribution in [-0.2, 0) is 12.0 Å². The Morgan fingerprint density at radius 1 is 1.50 bits per heavy atom. The van der Waals surface area contributed by atoms with Gasteiger partial charge in [-0.15, -0.1) is 11.6 Å². The molecular formula is C12H20Cl2N2. The van der Waals surface area contributed by atoms with E-state index in [0.717, 1.165) is 30.1 Å². The van der Waals surface area contributed by atoms with Gasteiger partial charge in [-0.25, -0.2) is 0 Å². The SMILES string of the molecule is CCCn1ncc(Cl)c1C(C)(C)CC(C)Cl. The van der Waals surface area contributed by atoms with Gasteiger partial charge in [-0.3, -0.25) is 4.68 Å². The van der Waals surface area contributed by atoms with Crippen LogP contribution in [0.3, 0.4) is 0 Å². The Kier molecular flexibility index (Phi) is 4.69. The summed E-state index contributed by atoms with van der Waals surface area (Å²) >= 11 is 12.3. The molecule has 1 unspecified atom stereocenters. The number of rotatable bonds is 5. The topological polar surface area (TPSA) is 17.8 Å². The molecule has 1 aromatic heterocycles. The minimum atomic E-state index is -0.0378. The summed E-state index contributed by atoms with van der Waals surface area (Å²) in [5, 5.41) is 5.20. The second kappa shape index (κ2) is 5.42. The van der Waals surface area contributed by atoms with Crippen molar-refractivity contribution < 1.29 is 0 Å². The highest BCUT2D eigenvalue weighted by atomic mass is 35.5. The van der Waals surface area contributed by atoms with Crippen molar-refractivity contribution in [3.8, 4) is 0 Å². The maximum atomic E-state index is 6.22. The third-order valence-electron chi connectivity index (χ3n) is 2.66. The molecule has 1 rings (SSSR count). The fraction of sp³-hybridized carbons (Fsp3) is 0.750. The summed E-state index contributed by atoms with van der Waals surface area (Å²) in [7, 11) is 0. The number of halogens is 2. The van der Waals surface area contributed by atoms with Gasteiger partial charge in [-0.2, -0.15) is 5.10 Å². The van der Waals surface area contributed by atoms with Gasteiger partial charge in [0, 0.05) is 17.3 Å². The van der Waals surface area contributed by atoms with Crippen LogP contribution in [0.2, 0.25) is 5.02 Å². The zero-order valence-corrected chi connectivity index (χ0v) is 11.9. The lowest BCUT2D eigenvalue weighted by Gasteiger charge is -2.27. The third kappa shape index (κ3) is 3.14. The van der Waals surface area contributed by atoms with E-state index in [9.17, 15) is 0 Å². The van der Waals surface area contributed by atoms with Crippen LogP contribution in [0.25, 0.3) is 0 Å². The second-order valence-corrected chi connectivity index (χ2v) is 6.09. The molecule has 1 atom stereocenters. The molecule has 0 aliphatic heterocycles. The van der Waals surface area contributed by atoms with Crippen molar-refractivity contribution in [1.29, 1.82) is 0 Å². The van der Waals surface area contributed by atoms with Gasteiger partial charge in [-0.05, 0) is 19.8 Å². The standard InChI is InChI=1S/C12H20Cl2N2/c1-5-6-16-11(10(14)8-15-16)12(3,4)7-9(2)13/h8-9H,5-7H2,1-4H3. The van der Waals surface area contributed by atoms with Crippen molar-refractivity contribution in [2.75, 3.05) is 0 Å². The normalized spacial score (nSPS) is 14.1. The molecular weight excluding hydrogens is 243 g/mol. The van der Waals surface area contributed by atoms with E-state index >= 15 is 0 Å². The summed E-state index contributed by atoms with van der Waals surface area (Å²) in [6.07, 6.45) is 3.67. The molecule has 0 amide bonds. The van der Waals surface area contributed by atoms with Gasteiger partial charge < -0.3 is 0 Å². The Bertz CT molecular complexity index is 343. The maximum absolute atomic E-state index is 6.22. The molecule has 2 nitrogen and oxygen atoms in total. The van der Waals surface area contributed by atoms with Gasteiger partial charge in [0.15, 0.2) is 0 Å². The predicted octanol–water partition coefficient (Wildman–Crippen LogP) is 4.24. The molecule has 0 radical (unpaired) electrons. The van der Waals surface area contributed by atoms with Crippen molar-refractivity contribution in [3.05, 3.63) is 16.9 Å². The Balaban J connectivity index is 3.04. The predicted molar refractivity (Wildman–Crippen MR) is 70.5 cm³/mol. The molecule has 0 aromatic carbocycles. The maximum Gasteiger partial charge on any atom is 0.0823 e. The minimum absolute atomic E-state index is 0.0378. The fourth-order valence-corrected chi connectivity index (χ4v) is 3.00. The highest BCUT2D eigenvalue weighted by Crippen LogP contribution is 2.34. The number of aromatic nitrogens is 2. The van der Waals surface area contributed by atoms with Crippen LogP contribution in [0, 0.1) is 0 Å². The highest BCUT2D eigenvalue weighted by molar-refractivity contribution is 6.31. The fourth-order valence-electron chi connectivity index (χ4n) is 2.22. The Morgan fingerprint density at radius 3 is 2.62 bits per heavy atom. The third-order valence-corrected chi connectivity index (χ3v) is 3.09. The Morgan fingerprint density at radius 2 is 2.12 bits per heavy atom. The summed E-state index contributed by atoms with van der Waals surface area (Å²) in [6.45, 7) is 9.39. The summed E-state index contributed by atoms with van der Waals surface area (Å²) in [6, 6.07) is 0. The van der Waals surface area contributed by atoms with Gasteiger partial charge in [0.25, 0.3) is 0 Å². The number of aryl methyl sites for hydroxylation is 1. The lowest BCUT2D eigenvalue weighted by atomic mass is 9.84. The first kappa shape index (κ1) is 13.9. The van der Waals surface area contributed by atoms with Gasteiger partial charge >= 0.3 is 0 Å². The van der Waals surface area contributed by atoms with Gasteiger partial charge in [-0.1, -0.05) is 32.4 Å². The van der Waals surface area contributed by atoms with Gasteiger partial charge in [0.1, 0.15) is 0 Å². The number of nitrogens with zero attached hydrogens (tertiary/aromatic N) is 2. The largest absolute Gasteiger partial charge is 0.268 e. The van der Waals surface area contributed by atoms with Crippen LogP contribution in [0.1, 0.15) is 46.2 Å². The molecule has 1 heterocycles. The summed E-state index contributed by atoms with van der Waals surface area (Å²) in [5.74, 6) is 0. The van der Waals surface area contributed by atoms with Crippen molar-refractivity contribution >= 4 is 23.2 Å². The van der Waals surface area contributed by atoms with E-state index in [4.69, 9.17) is 23.2 Å². The first-order valence-corrected chi connectivity index (χ1v) is 6.55. The van der Waals surface area contributed by atoms with E-state index in [1.54, 1.807) is 6.20 Å². The molecule has 0 fully saturated rings. The van der Waals surface area contributed by atoms with E-state index in [-0.39, 0.29) is 10.8 Å². The van der Waals surface area contributed by atoms with Crippen LogP contribution in [0.4, 0.5) is 0 Å². The quantitative estimate of drug-likeness (QED) is 0.726. The summed E-state index contributed by atoms with van der Waals surface area (Å²) in [4.78, 5) is 0. The van der Waals surface area contributed by atoms with Gasteiger partial charge in [0.2, 0.25) is 0 Å². The Labute approximate surface area is 108 Å². The number of alkyl halides is 1. The van der Waals surface area contributed by atoms with Crippen molar-refractivity contribution in [2.24, 2.45) is 0 Å². The molecule has 1 aromatic rings. The molecule has 0 saturated heterocycles. The lowest BCUT2D eigenvalue weighted by molar-refractivity contribution is 0.420. The molecule has 16 heavy (non-hydrogen) atoms. The van der Waals surface area contributed by atoms with E-state index in [2.05, 4.69) is 25.9 Å². The zero-order chi connectivity index (χ0) is 12.3.